The maximum Gasteiger partial charge on any atom is 0.295 e. The summed E-state index contributed by atoms with van der Waals surface area (Å²) in [5.74, 6) is -2.85. The van der Waals surface area contributed by atoms with Crippen molar-refractivity contribution in [2.45, 2.75) is 13.0 Å². The first-order valence-corrected chi connectivity index (χ1v) is 9.56. The number of ketones is 1. The van der Waals surface area contributed by atoms with E-state index < -0.39 is 34.2 Å². The Labute approximate surface area is 178 Å². The molecule has 9 heteroatoms. The molecular weight excluding hydrogens is 405 g/mol. The van der Waals surface area contributed by atoms with Crippen LogP contribution in [-0.4, -0.2) is 58.7 Å². The van der Waals surface area contributed by atoms with E-state index in [0.717, 1.165) is 6.07 Å². The number of nitrogens with zero attached hydrogens (tertiary/aromatic N) is 3. The average Bonchev–Trinajstić information content (AvgIpc) is 2.98. The number of nitro benzene ring substituents is 1. The quantitative estimate of drug-likeness (QED) is 0.250. The molecule has 3 rings (SSSR count). The van der Waals surface area contributed by atoms with Gasteiger partial charge in [-0.2, -0.15) is 0 Å². The monoisotopic (exact) mass is 427 g/mol. The van der Waals surface area contributed by atoms with Crippen molar-refractivity contribution >= 4 is 23.1 Å². The molecule has 1 aliphatic heterocycles. The van der Waals surface area contributed by atoms with Gasteiger partial charge in [0.1, 0.15) is 11.6 Å². The van der Waals surface area contributed by atoms with E-state index in [1.54, 1.807) is 27.1 Å². The number of non-ortho nitro benzene ring substituents is 1. The van der Waals surface area contributed by atoms with E-state index in [2.05, 4.69) is 0 Å². The molecule has 8 nitrogen and oxygen atoms in total. The van der Waals surface area contributed by atoms with Crippen LogP contribution in [0.2, 0.25) is 0 Å². The van der Waals surface area contributed by atoms with Crippen LogP contribution < -0.4 is 0 Å². The number of carbonyl (C=O) groups is 2. The van der Waals surface area contributed by atoms with Gasteiger partial charge in [0, 0.05) is 30.8 Å². The molecular formula is C22H22FN3O5. The van der Waals surface area contributed by atoms with Crippen molar-refractivity contribution in [2.75, 3.05) is 27.2 Å². The Kier molecular flexibility index (Phi) is 6.16. The molecule has 31 heavy (non-hydrogen) atoms. The Morgan fingerprint density at radius 2 is 1.94 bits per heavy atom. The third kappa shape index (κ3) is 4.31. The SMILES string of the molecule is Cc1ccc(C(O)=C2C(=O)C(=O)N(CCN(C)C)[C@H]2c2cccc([N+](=O)[O-])c2)cc1F. The Bertz CT molecular complexity index is 1100. The van der Waals surface area contributed by atoms with Crippen molar-refractivity contribution in [3.8, 4) is 0 Å². The fourth-order valence-electron chi connectivity index (χ4n) is 3.47. The predicted molar refractivity (Wildman–Crippen MR) is 112 cm³/mol. The van der Waals surface area contributed by atoms with E-state index in [-0.39, 0.29) is 23.4 Å². The van der Waals surface area contributed by atoms with Crippen LogP contribution in [-0.2, 0) is 9.59 Å². The minimum Gasteiger partial charge on any atom is -0.507 e. The Hall–Kier alpha value is -3.59. The summed E-state index contributed by atoms with van der Waals surface area (Å²) in [7, 11) is 3.60. The molecule has 1 amide bonds. The molecule has 1 fully saturated rings. The average molecular weight is 427 g/mol. The topological polar surface area (TPSA) is 104 Å². The summed E-state index contributed by atoms with van der Waals surface area (Å²) in [5, 5.41) is 22.1. The van der Waals surface area contributed by atoms with Crippen molar-refractivity contribution in [3.05, 3.63) is 80.7 Å². The summed E-state index contributed by atoms with van der Waals surface area (Å²) in [6.45, 7) is 2.14. The summed E-state index contributed by atoms with van der Waals surface area (Å²) in [4.78, 5) is 39.4. The third-order valence-corrected chi connectivity index (χ3v) is 5.17. The molecule has 1 atom stereocenters. The summed E-state index contributed by atoms with van der Waals surface area (Å²) < 4.78 is 14.1. The lowest BCUT2D eigenvalue weighted by Crippen LogP contribution is -2.35. The highest BCUT2D eigenvalue weighted by atomic mass is 19.1. The van der Waals surface area contributed by atoms with Gasteiger partial charge < -0.3 is 14.9 Å². The number of likely N-dealkylation sites (N-methyl/N-ethyl adjacent to an activating group) is 1. The molecule has 0 aromatic heterocycles. The number of hydrogen-bond acceptors (Lipinski definition) is 6. The van der Waals surface area contributed by atoms with E-state index >= 15 is 0 Å². The number of rotatable bonds is 6. The van der Waals surface area contributed by atoms with Crippen LogP contribution in [0.25, 0.3) is 5.76 Å². The van der Waals surface area contributed by atoms with Crippen LogP contribution in [0.5, 0.6) is 0 Å². The Morgan fingerprint density at radius 3 is 2.55 bits per heavy atom. The summed E-state index contributed by atoms with van der Waals surface area (Å²) in [6.07, 6.45) is 0. The number of aliphatic hydroxyl groups is 1. The molecule has 2 aromatic carbocycles. The molecule has 0 bridgehead atoms. The van der Waals surface area contributed by atoms with E-state index in [1.807, 2.05) is 4.90 Å². The van der Waals surface area contributed by atoms with Crippen molar-refractivity contribution in [2.24, 2.45) is 0 Å². The molecule has 0 unspecified atom stereocenters. The van der Waals surface area contributed by atoms with Gasteiger partial charge in [-0.05, 0) is 38.2 Å². The fraction of sp³-hybridized carbons (Fsp3) is 0.273. The van der Waals surface area contributed by atoms with Crippen molar-refractivity contribution in [1.82, 2.24) is 9.80 Å². The first kappa shape index (κ1) is 22.1. The molecule has 2 aromatic rings. The van der Waals surface area contributed by atoms with Gasteiger partial charge in [0.05, 0.1) is 16.5 Å². The number of carbonyl (C=O) groups excluding carboxylic acids is 2. The van der Waals surface area contributed by atoms with Gasteiger partial charge in [-0.1, -0.05) is 24.3 Å². The maximum atomic E-state index is 14.1. The number of amides is 1. The van der Waals surface area contributed by atoms with Crippen LogP contribution >= 0.6 is 0 Å². The normalized spacial score (nSPS) is 18.1. The molecule has 0 aliphatic carbocycles. The lowest BCUT2D eigenvalue weighted by molar-refractivity contribution is -0.384. The van der Waals surface area contributed by atoms with Crippen molar-refractivity contribution in [3.63, 3.8) is 0 Å². The molecule has 1 aliphatic rings. The molecule has 0 saturated carbocycles. The Balaban J connectivity index is 2.20. The molecule has 0 radical (unpaired) electrons. The molecule has 162 valence electrons. The van der Waals surface area contributed by atoms with E-state index in [1.165, 1.54) is 35.2 Å². The standard InChI is InChI=1S/C22H22FN3O5/c1-13-7-8-15(12-17(13)23)20(27)18-19(14-5-4-6-16(11-14)26(30)31)25(10-9-24(2)3)22(29)21(18)28/h4-8,11-12,19,27H,9-10H2,1-3H3/t19-/m0/s1. The number of likely N-dealkylation sites (tertiary alicyclic amines) is 1. The highest BCUT2D eigenvalue weighted by Gasteiger charge is 2.46. The number of benzene rings is 2. The molecule has 1 saturated heterocycles. The van der Waals surface area contributed by atoms with E-state index in [0.29, 0.717) is 17.7 Å². The van der Waals surface area contributed by atoms with Gasteiger partial charge in [0.2, 0.25) is 0 Å². The Morgan fingerprint density at radius 1 is 1.23 bits per heavy atom. The minimum absolute atomic E-state index is 0.0455. The summed E-state index contributed by atoms with van der Waals surface area (Å²) in [6, 6.07) is 8.51. The van der Waals surface area contributed by atoms with Gasteiger partial charge in [0.25, 0.3) is 17.4 Å². The highest BCUT2D eigenvalue weighted by Crippen LogP contribution is 2.40. The van der Waals surface area contributed by atoms with E-state index in [4.69, 9.17) is 0 Å². The number of nitro groups is 1. The van der Waals surface area contributed by atoms with Gasteiger partial charge in [-0.15, -0.1) is 0 Å². The number of aliphatic hydroxyl groups excluding tert-OH is 1. The number of Topliss-reactive ketones (excluding diaryl/α,β-unsaturated/α-hetero) is 1. The zero-order valence-electron chi connectivity index (χ0n) is 17.3. The smallest absolute Gasteiger partial charge is 0.295 e. The van der Waals surface area contributed by atoms with Gasteiger partial charge in [-0.25, -0.2) is 4.39 Å². The first-order valence-electron chi connectivity index (χ1n) is 9.56. The number of halogens is 1. The minimum atomic E-state index is -1.04. The van der Waals surface area contributed by atoms with Gasteiger partial charge in [0.15, 0.2) is 0 Å². The molecule has 0 spiro atoms. The predicted octanol–water partition coefficient (Wildman–Crippen LogP) is 3.03. The lowest BCUT2D eigenvalue weighted by atomic mass is 9.94. The number of hydrogen-bond donors (Lipinski definition) is 1. The second-order valence-electron chi connectivity index (χ2n) is 7.61. The van der Waals surface area contributed by atoms with Crippen molar-refractivity contribution < 1.29 is 24.0 Å². The van der Waals surface area contributed by atoms with Crippen LogP contribution in [0.1, 0.15) is 22.7 Å². The van der Waals surface area contributed by atoms with Crippen LogP contribution in [0.4, 0.5) is 10.1 Å². The third-order valence-electron chi connectivity index (χ3n) is 5.17. The summed E-state index contributed by atoms with van der Waals surface area (Å²) in [5.41, 5.74) is 0.272. The second kappa shape index (κ2) is 8.65. The lowest BCUT2D eigenvalue weighted by Gasteiger charge is -2.26. The fourth-order valence-corrected chi connectivity index (χ4v) is 3.47. The second-order valence-corrected chi connectivity index (χ2v) is 7.61. The van der Waals surface area contributed by atoms with Crippen LogP contribution in [0.3, 0.4) is 0 Å². The highest BCUT2D eigenvalue weighted by molar-refractivity contribution is 6.46. The van der Waals surface area contributed by atoms with Crippen LogP contribution in [0.15, 0.2) is 48.0 Å². The first-order chi connectivity index (χ1) is 14.6. The largest absolute Gasteiger partial charge is 0.507 e. The van der Waals surface area contributed by atoms with Crippen molar-refractivity contribution in [1.29, 1.82) is 0 Å². The van der Waals surface area contributed by atoms with Gasteiger partial charge in [-0.3, -0.25) is 19.7 Å². The zero-order chi connectivity index (χ0) is 22.9. The van der Waals surface area contributed by atoms with Gasteiger partial charge >= 0.3 is 0 Å². The molecule has 1 heterocycles. The number of aryl methyl sites for hydroxylation is 1. The maximum absolute atomic E-state index is 14.1. The summed E-state index contributed by atoms with van der Waals surface area (Å²) >= 11 is 0. The molecule has 1 N–H and O–H groups in total. The van der Waals surface area contributed by atoms with Crippen LogP contribution in [0, 0.1) is 22.9 Å². The zero-order valence-corrected chi connectivity index (χ0v) is 17.3. The van der Waals surface area contributed by atoms with E-state index in [9.17, 15) is 29.2 Å².